The second-order valence-electron chi connectivity index (χ2n) is 6.59. The molecule has 0 atom stereocenters. The van der Waals surface area contributed by atoms with Gasteiger partial charge >= 0.3 is 0 Å². The lowest BCUT2D eigenvalue weighted by Crippen LogP contribution is -3.13. The van der Waals surface area contributed by atoms with Gasteiger partial charge in [0.25, 0.3) is 5.91 Å². The van der Waals surface area contributed by atoms with Gasteiger partial charge in [-0.2, -0.15) is 0 Å². The van der Waals surface area contributed by atoms with Gasteiger partial charge in [0.1, 0.15) is 0 Å². The van der Waals surface area contributed by atoms with E-state index in [1.807, 2.05) is 17.0 Å². The molecule has 0 unspecified atom stereocenters. The number of amides is 1. The van der Waals surface area contributed by atoms with E-state index in [4.69, 9.17) is 0 Å². The molecule has 3 nitrogen and oxygen atoms in total. The molecule has 0 radical (unpaired) electrons. The number of nitrogens with one attached hydrogen (secondary N) is 1. The molecule has 1 saturated heterocycles. The summed E-state index contributed by atoms with van der Waals surface area (Å²) in [6.45, 7) is 3.19. The van der Waals surface area contributed by atoms with Crippen LogP contribution in [0.15, 0.2) is 36.4 Å². The molecule has 0 bridgehead atoms. The van der Waals surface area contributed by atoms with Crippen molar-refractivity contribution in [3.63, 3.8) is 0 Å². The first kappa shape index (κ1) is 13.8. The van der Waals surface area contributed by atoms with Gasteiger partial charge < -0.3 is 4.90 Å². The Balaban J connectivity index is 1.63. The number of quaternary nitrogens is 1. The molecule has 0 saturated carbocycles. The maximum Gasteiger partial charge on any atom is 0.263 e. The standard InChI is InChI=1S/C19H22N2O/c22-19-16-10-6-8-15-9-7-11-17(18(15)16)21(19)14-20-12-4-2-1-3-5-13-20/h6-11H,1-5,12-14H2/p+1. The minimum atomic E-state index is 0.182. The number of hydrogen-bond acceptors (Lipinski definition) is 1. The van der Waals surface area contributed by atoms with Crippen molar-refractivity contribution < 1.29 is 9.69 Å². The summed E-state index contributed by atoms with van der Waals surface area (Å²) in [4.78, 5) is 16.4. The number of carbonyl (C=O) groups excluding carboxylic acids is 1. The molecular formula is C19H23N2O+. The Morgan fingerprint density at radius 2 is 1.59 bits per heavy atom. The van der Waals surface area contributed by atoms with Gasteiger partial charge in [-0.15, -0.1) is 0 Å². The van der Waals surface area contributed by atoms with E-state index in [1.165, 1.54) is 50.6 Å². The lowest BCUT2D eigenvalue weighted by molar-refractivity contribution is -0.899. The third kappa shape index (κ3) is 2.30. The summed E-state index contributed by atoms with van der Waals surface area (Å²) in [6.07, 6.45) is 6.63. The van der Waals surface area contributed by atoms with Gasteiger partial charge in [0, 0.05) is 5.39 Å². The monoisotopic (exact) mass is 295 g/mol. The Kier molecular flexibility index (Phi) is 3.59. The molecule has 2 aromatic rings. The van der Waals surface area contributed by atoms with Gasteiger partial charge in [0.2, 0.25) is 0 Å². The van der Waals surface area contributed by atoms with Crippen molar-refractivity contribution in [2.45, 2.75) is 32.1 Å². The number of nitrogens with zero attached hydrogens (tertiary/aromatic N) is 1. The second kappa shape index (κ2) is 5.73. The first-order valence-electron chi connectivity index (χ1n) is 8.52. The zero-order chi connectivity index (χ0) is 14.9. The number of carbonyl (C=O) groups is 1. The molecule has 0 aliphatic carbocycles. The van der Waals surface area contributed by atoms with Crippen molar-refractivity contribution in [3.05, 3.63) is 42.0 Å². The van der Waals surface area contributed by atoms with E-state index in [0.717, 1.165) is 23.3 Å². The van der Waals surface area contributed by atoms with Crippen molar-refractivity contribution in [2.24, 2.45) is 0 Å². The SMILES string of the molecule is O=C1c2cccc3cccc(c23)N1C[NH+]1CCCCCCC1. The zero-order valence-electron chi connectivity index (χ0n) is 13.0. The second-order valence-corrected chi connectivity index (χ2v) is 6.59. The van der Waals surface area contributed by atoms with E-state index in [1.54, 1.807) is 4.90 Å². The van der Waals surface area contributed by atoms with Gasteiger partial charge in [-0.1, -0.05) is 30.7 Å². The van der Waals surface area contributed by atoms with Crippen LogP contribution in [-0.2, 0) is 0 Å². The third-order valence-electron chi connectivity index (χ3n) is 5.09. The van der Waals surface area contributed by atoms with Gasteiger partial charge in [-0.3, -0.25) is 9.69 Å². The minimum Gasteiger partial charge on any atom is -0.317 e. The number of benzene rings is 2. The smallest absolute Gasteiger partial charge is 0.263 e. The summed E-state index contributed by atoms with van der Waals surface area (Å²) < 4.78 is 0. The predicted molar refractivity (Wildman–Crippen MR) is 89.4 cm³/mol. The van der Waals surface area contributed by atoms with Crippen LogP contribution >= 0.6 is 0 Å². The third-order valence-corrected chi connectivity index (χ3v) is 5.09. The Bertz CT molecular complexity index is 696. The average Bonchev–Trinajstić information content (AvgIpc) is 2.78. The fourth-order valence-corrected chi connectivity index (χ4v) is 3.92. The molecule has 2 aliphatic rings. The highest BCUT2D eigenvalue weighted by Crippen LogP contribution is 2.36. The quantitative estimate of drug-likeness (QED) is 0.905. The zero-order valence-corrected chi connectivity index (χ0v) is 13.0. The molecule has 0 aromatic heterocycles. The molecule has 2 aliphatic heterocycles. The number of anilines is 1. The molecule has 1 N–H and O–H groups in total. The Morgan fingerprint density at radius 3 is 2.36 bits per heavy atom. The van der Waals surface area contributed by atoms with Gasteiger partial charge in [-0.25, -0.2) is 0 Å². The summed E-state index contributed by atoms with van der Waals surface area (Å²) in [6, 6.07) is 12.3. The first-order valence-corrected chi connectivity index (χ1v) is 8.52. The van der Waals surface area contributed by atoms with Crippen molar-refractivity contribution in [2.75, 3.05) is 24.7 Å². The van der Waals surface area contributed by atoms with Crippen LogP contribution in [0.1, 0.15) is 42.5 Å². The Labute approximate surface area is 131 Å². The number of likely N-dealkylation sites (tertiary alicyclic amines) is 1. The first-order chi connectivity index (χ1) is 10.8. The van der Waals surface area contributed by atoms with Crippen molar-refractivity contribution in [1.82, 2.24) is 0 Å². The topological polar surface area (TPSA) is 24.8 Å². The van der Waals surface area contributed by atoms with Crippen LogP contribution in [0.5, 0.6) is 0 Å². The Morgan fingerprint density at radius 1 is 0.909 bits per heavy atom. The van der Waals surface area contributed by atoms with Gasteiger partial charge in [0.05, 0.1) is 24.3 Å². The van der Waals surface area contributed by atoms with Crippen LogP contribution < -0.4 is 9.80 Å². The molecule has 0 spiro atoms. The summed E-state index contributed by atoms with van der Waals surface area (Å²) in [5.74, 6) is 0.182. The fourth-order valence-electron chi connectivity index (χ4n) is 3.92. The molecule has 2 aromatic carbocycles. The molecule has 1 fully saturated rings. The summed E-state index contributed by atoms with van der Waals surface area (Å²) in [5.41, 5.74) is 1.98. The molecule has 114 valence electrons. The van der Waals surface area contributed by atoms with Crippen LogP contribution in [0.4, 0.5) is 5.69 Å². The van der Waals surface area contributed by atoms with Crippen LogP contribution in [0.25, 0.3) is 10.8 Å². The van der Waals surface area contributed by atoms with Gasteiger partial charge in [0.15, 0.2) is 6.67 Å². The predicted octanol–water partition coefficient (Wildman–Crippen LogP) is 2.61. The van der Waals surface area contributed by atoms with Crippen molar-refractivity contribution in [1.29, 1.82) is 0 Å². The van der Waals surface area contributed by atoms with Gasteiger partial charge in [-0.05, 0) is 43.2 Å². The summed E-state index contributed by atoms with van der Waals surface area (Å²) in [5, 5.41) is 2.31. The summed E-state index contributed by atoms with van der Waals surface area (Å²) >= 11 is 0. The largest absolute Gasteiger partial charge is 0.317 e. The van der Waals surface area contributed by atoms with Crippen molar-refractivity contribution >= 4 is 22.4 Å². The van der Waals surface area contributed by atoms with E-state index in [-0.39, 0.29) is 5.91 Å². The maximum atomic E-state index is 12.8. The Hall–Kier alpha value is -1.87. The lowest BCUT2D eigenvalue weighted by Gasteiger charge is -2.27. The normalized spacial score (nSPS) is 19.5. The molecule has 1 amide bonds. The highest BCUT2D eigenvalue weighted by Gasteiger charge is 2.32. The minimum absolute atomic E-state index is 0.182. The van der Waals surface area contributed by atoms with Crippen LogP contribution in [0.3, 0.4) is 0 Å². The maximum absolute atomic E-state index is 12.8. The van der Waals surface area contributed by atoms with E-state index in [9.17, 15) is 4.79 Å². The highest BCUT2D eigenvalue weighted by atomic mass is 16.2. The fraction of sp³-hybridized carbons (Fsp3) is 0.421. The van der Waals surface area contributed by atoms with Crippen LogP contribution in [-0.4, -0.2) is 25.7 Å². The molecule has 22 heavy (non-hydrogen) atoms. The molecule has 2 heterocycles. The van der Waals surface area contributed by atoms with E-state index < -0.39 is 0 Å². The van der Waals surface area contributed by atoms with E-state index in [2.05, 4.69) is 24.3 Å². The van der Waals surface area contributed by atoms with Crippen LogP contribution in [0, 0.1) is 0 Å². The molecule has 4 rings (SSSR count). The van der Waals surface area contributed by atoms with E-state index in [0.29, 0.717) is 0 Å². The van der Waals surface area contributed by atoms with E-state index >= 15 is 0 Å². The van der Waals surface area contributed by atoms with Crippen molar-refractivity contribution in [3.8, 4) is 0 Å². The molecule has 3 heteroatoms. The summed E-state index contributed by atoms with van der Waals surface area (Å²) in [7, 11) is 0. The molecular weight excluding hydrogens is 272 g/mol. The van der Waals surface area contributed by atoms with Crippen LogP contribution in [0.2, 0.25) is 0 Å². The number of rotatable bonds is 2. The number of hydrogen-bond donors (Lipinski definition) is 1. The average molecular weight is 295 g/mol. The highest BCUT2D eigenvalue weighted by molar-refractivity contribution is 6.24. The lowest BCUT2D eigenvalue weighted by atomic mass is 10.1.